The van der Waals surface area contributed by atoms with Gasteiger partial charge in [-0.15, -0.1) is 0 Å². The first-order valence-electron chi connectivity index (χ1n) is 5.52. The molecule has 0 aliphatic rings. The highest BCUT2D eigenvalue weighted by Gasteiger charge is 2.45. The van der Waals surface area contributed by atoms with Gasteiger partial charge < -0.3 is 0 Å². The highest BCUT2D eigenvalue weighted by Crippen LogP contribution is 2.36. The summed E-state index contributed by atoms with van der Waals surface area (Å²) < 4.78 is 2.00. The van der Waals surface area contributed by atoms with Crippen molar-refractivity contribution in [3.63, 3.8) is 0 Å². The fourth-order valence-corrected chi connectivity index (χ4v) is 1.89. The molecular formula is C12H28N2S. The minimum absolute atomic E-state index is 0.00184. The van der Waals surface area contributed by atoms with Crippen LogP contribution in [0.15, 0.2) is 0 Å². The highest BCUT2D eigenvalue weighted by atomic mass is 32.1. The van der Waals surface area contributed by atoms with E-state index in [0.717, 1.165) is 0 Å². The average molecular weight is 232 g/mol. The van der Waals surface area contributed by atoms with Crippen molar-refractivity contribution in [1.29, 1.82) is 0 Å². The zero-order valence-corrected chi connectivity index (χ0v) is 12.7. The molecule has 0 saturated heterocycles. The summed E-state index contributed by atoms with van der Waals surface area (Å²) in [4.78, 5) is 2.41. The van der Waals surface area contributed by atoms with Crippen LogP contribution in [0.1, 0.15) is 48.5 Å². The van der Waals surface area contributed by atoms with E-state index in [4.69, 9.17) is 0 Å². The summed E-state index contributed by atoms with van der Waals surface area (Å²) in [5.74, 6) is 0. The molecule has 0 aliphatic carbocycles. The third-order valence-corrected chi connectivity index (χ3v) is 4.65. The van der Waals surface area contributed by atoms with Crippen LogP contribution < -0.4 is 0 Å². The second-order valence-corrected chi connectivity index (χ2v) is 6.97. The fraction of sp³-hybridized carbons (Fsp3) is 1.00. The first-order valence-corrected chi connectivity index (χ1v) is 5.92. The lowest BCUT2D eigenvalue weighted by Crippen LogP contribution is -2.65. The molecule has 0 unspecified atom stereocenters. The zero-order valence-electron chi connectivity index (χ0n) is 11.8. The second kappa shape index (κ2) is 4.27. The van der Waals surface area contributed by atoms with Crippen LogP contribution >= 0.6 is 12.8 Å². The maximum Gasteiger partial charge on any atom is 0.0430 e. The van der Waals surface area contributed by atoms with Gasteiger partial charge in [-0.3, -0.25) is 4.90 Å². The molecule has 3 heteroatoms. The Morgan fingerprint density at radius 1 is 0.733 bits per heavy atom. The van der Waals surface area contributed by atoms with E-state index in [2.05, 4.69) is 73.2 Å². The summed E-state index contributed by atoms with van der Waals surface area (Å²) in [6.07, 6.45) is 0. The van der Waals surface area contributed by atoms with Gasteiger partial charge in [0.15, 0.2) is 0 Å². The largest absolute Gasteiger partial charge is 0.295 e. The van der Waals surface area contributed by atoms with Gasteiger partial charge >= 0.3 is 0 Å². The molecule has 2 nitrogen and oxygen atoms in total. The molecule has 0 aromatic heterocycles. The van der Waals surface area contributed by atoms with Crippen LogP contribution in [0.5, 0.6) is 0 Å². The molecule has 0 heterocycles. The third kappa shape index (κ3) is 2.89. The molecule has 0 bridgehead atoms. The Kier molecular flexibility index (Phi) is 4.34. The van der Waals surface area contributed by atoms with Gasteiger partial charge in [0.1, 0.15) is 0 Å². The Bertz CT molecular complexity index is 214. The molecular weight excluding hydrogens is 204 g/mol. The molecule has 0 amide bonds. The van der Waals surface area contributed by atoms with Gasteiger partial charge in [-0.25, -0.2) is 4.31 Å². The van der Waals surface area contributed by atoms with Gasteiger partial charge in [-0.1, -0.05) is 12.8 Å². The monoisotopic (exact) mass is 232 g/mol. The van der Waals surface area contributed by atoms with Gasteiger partial charge in [0.05, 0.1) is 0 Å². The standard InChI is InChI=1S/C12H28N2S/c1-10(2,3)13(8)11(4,5)12(6,7)14(9)15/h15H,1-9H3. The van der Waals surface area contributed by atoms with Crippen molar-refractivity contribution in [2.24, 2.45) is 0 Å². The summed E-state index contributed by atoms with van der Waals surface area (Å²) >= 11 is 4.47. The van der Waals surface area contributed by atoms with Crippen LogP contribution in [0.2, 0.25) is 0 Å². The molecule has 0 radical (unpaired) electrons. The number of hydrogen-bond acceptors (Lipinski definition) is 3. The van der Waals surface area contributed by atoms with Gasteiger partial charge in [-0.05, 0) is 62.6 Å². The highest BCUT2D eigenvalue weighted by molar-refractivity contribution is 7.77. The predicted molar refractivity (Wildman–Crippen MR) is 72.4 cm³/mol. The number of likely N-dealkylation sites (N-methyl/N-ethyl adjacent to an activating group) is 2. The van der Waals surface area contributed by atoms with Gasteiger partial charge in [0.2, 0.25) is 0 Å². The smallest absolute Gasteiger partial charge is 0.0430 e. The van der Waals surface area contributed by atoms with E-state index in [9.17, 15) is 0 Å². The Labute approximate surface area is 102 Å². The van der Waals surface area contributed by atoms with Crippen LogP contribution in [0, 0.1) is 0 Å². The van der Waals surface area contributed by atoms with Gasteiger partial charge in [0.25, 0.3) is 0 Å². The first kappa shape index (κ1) is 15.3. The molecule has 92 valence electrons. The molecule has 0 fully saturated rings. The molecule has 0 N–H and O–H groups in total. The zero-order chi connectivity index (χ0) is 12.7. The number of hydrogen-bond donors (Lipinski definition) is 1. The molecule has 0 aliphatic heterocycles. The lowest BCUT2D eigenvalue weighted by atomic mass is 9.79. The molecule has 0 saturated carbocycles. The maximum atomic E-state index is 4.47. The van der Waals surface area contributed by atoms with Crippen molar-refractivity contribution in [2.75, 3.05) is 14.1 Å². The molecule has 0 rings (SSSR count). The van der Waals surface area contributed by atoms with E-state index in [0.29, 0.717) is 0 Å². The van der Waals surface area contributed by atoms with E-state index in [1.165, 1.54) is 0 Å². The predicted octanol–water partition coefficient (Wildman–Crippen LogP) is 3.05. The van der Waals surface area contributed by atoms with Gasteiger partial charge in [-0.2, -0.15) is 0 Å². The quantitative estimate of drug-likeness (QED) is 0.747. The Balaban J connectivity index is 5.14. The van der Waals surface area contributed by atoms with Crippen LogP contribution in [0.25, 0.3) is 0 Å². The molecule has 0 spiro atoms. The van der Waals surface area contributed by atoms with Crippen molar-refractivity contribution in [3.05, 3.63) is 0 Å². The minimum Gasteiger partial charge on any atom is -0.295 e. The van der Waals surface area contributed by atoms with Gasteiger partial charge in [0, 0.05) is 16.6 Å². The average Bonchev–Trinajstić information content (AvgIpc) is 2.00. The van der Waals surface area contributed by atoms with E-state index < -0.39 is 0 Å². The van der Waals surface area contributed by atoms with Crippen LogP contribution in [-0.2, 0) is 0 Å². The van der Waals surface area contributed by atoms with Crippen LogP contribution in [0.4, 0.5) is 0 Å². The fourth-order valence-electron chi connectivity index (χ4n) is 1.64. The molecule has 0 atom stereocenters. The van der Waals surface area contributed by atoms with Crippen molar-refractivity contribution in [1.82, 2.24) is 9.21 Å². The number of nitrogens with zero attached hydrogens (tertiary/aromatic N) is 2. The third-order valence-electron chi connectivity index (χ3n) is 4.15. The number of thiol groups is 1. The lowest BCUT2D eigenvalue weighted by molar-refractivity contribution is -0.0230. The topological polar surface area (TPSA) is 6.48 Å². The summed E-state index contributed by atoms with van der Waals surface area (Å²) in [6.45, 7) is 15.7. The minimum atomic E-state index is -0.00184. The van der Waals surface area contributed by atoms with Crippen molar-refractivity contribution < 1.29 is 0 Å². The molecule has 0 aromatic rings. The Hall–Kier alpha value is 0.270. The summed E-state index contributed by atoms with van der Waals surface area (Å²) in [7, 11) is 4.19. The number of rotatable bonds is 3. The van der Waals surface area contributed by atoms with E-state index >= 15 is 0 Å². The van der Waals surface area contributed by atoms with E-state index in [1.54, 1.807) is 0 Å². The van der Waals surface area contributed by atoms with Crippen LogP contribution in [0.3, 0.4) is 0 Å². The second-order valence-electron chi connectivity index (χ2n) is 6.37. The summed E-state index contributed by atoms with van der Waals surface area (Å²) in [6, 6.07) is 0. The summed E-state index contributed by atoms with van der Waals surface area (Å²) in [5, 5.41) is 0. The van der Waals surface area contributed by atoms with E-state index in [1.807, 2.05) is 11.4 Å². The van der Waals surface area contributed by atoms with Crippen molar-refractivity contribution in [2.45, 2.75) is 65.1 Å². The Morgan fingerprint density at radius 2 is 1.07 bits per heavy atom. The lowest BCUT2D eigenvalue weighted by Gasteiger charge is -2.55. The van der Waals surface area contributed by atoms with Crippen LogP contribution in [-0.4, -0.2) is 39.9 Å². The van der Waals surface area contributed by atoms with Crippen molar-refractivity contribution >= 4 is 12.8 Å². The Morgan fingerprint density at radius 3 is 1.27 bits per heavy atom. The molecule has 0 aromatic carbocycles. The normalized spacial score (nSPS) is 15.2. The maximum absolute atomic E-state index is 4.47. The SMILES string of the molecule is CN(S)C(C)(C)C(C)(C)N(C)C(C)(C)C. The first-order chi connectivity index (χ1) is 6.35. The summed E-state index contributed by atoms with van der Waals surface area (Å²) in [5.41, 5.74) is 0.199. The van der Waals surface area contributed by atoms with Crippen molar-refractivity contribution in [3.8, 4) is 0 Å². The van der Waals surface area contributed by atoms with E-state index in [-0.39, 0.29) is 16.6 Å². The molecule has 15 heavy (non-hydrogen) atoms.